The molecule has 0 bridgehead atoms. The molecule has 1 saturated heterocycles. The van der Waals surface area contributed by atoms with Crippen molar-refractivity contribution < 1.29 is 19.1 Å². The van der Waals surface area contributed by atoms with Crippen molar-refractivity contribution in [1.29, 1.82) is 0 Å². The first-order valence-corrected chi connectivity index (χ1v) is 12.0. The van der Waals surface area contributed by atoms with Gasteiger partial charge in [-0.25, -0.2) is 9.78 Å². The lowest BCUT2D eigenvalue weighted by atomic mass is 9.91. The van der Waals surface area contributed by atoms with Gasteiger partial charge in [-0.05, 0) is 82.9 Å². The van der Waals surface area contributed by atoms with Crippen LogP contribution < -0.4 is 15.4 Å². The van der Waals surface area contributed by atoms with Crippen molar-refractivity contribution in [3.63, 3.8) is 0 Å². The average Bonchev–Trinajstić information content (AvgIpc) is 2.69. The highest BCUT2D eigenvalue weighted by Crippen LogP contribution is 2.25. The second kappa shape index (κ2) is 10.4. The molecule has 0 atom stereocenters. The quantitative estimate of drug-likeness (QED) is 0.729. The molecule has 1 aliphatic heterocycles. The molecular formula is C22H33N3O4S. The zero-order valence-corrected chi connectivity index (χ0v) is 18.9. The first-order chi connectivity index (χ1) is 14.3. The molecule has 1 aromatic rings. The molecule has 166 valence electrons. The fourth-order valence-corrected chi connectivity index (χ4v) is 4.79. The zero-order chi connectivity index (χ0) is 21.6. The average molecular weight is 436 g/mol. The van der Waals surface area contributed by atoms with E-state index >= 15 is 0 Å². The molecule has 1 aromatic heterocycles. The normalized spacial score (nSPS) is 22.8. The first kappa shape index (κ1) is 22.7. The molecule has 2 aliphatic rings. The van der Waals surface area contributed by atoms with Gasteiger partial charge in [0.15, 0.2) is 0 Å². The van der Waals surface area contributed by atoms with E-state index in [4.69, 9.17) is 9.47 Å². The Morgan fingerprint density at radius 1 is 1.03 bits per heavy atom. The Morgan fingerprint density at radius 2 is 1.67 bits per heavy atom. The second-order valence-corrected chi connectivity index (χ2v) is 10.2. The number of aromatic nitrogens is 1. The molecule has 0 unspecified atom stereocenters. The predicted molar refractivity (Wildman–Crippen MR) is 118 cm³/mol. The summed E-state index contributed by atoms with van der Waals surface area (Å²) in [6.07, 6.45) is 6.60. The lowest BCUT2D eigenvalue weighted by Crippen LogP contribution is -2.45. The van der Waals surface area contributed by atoms with Gasteiger partial charge in [-0.15, -0.1) is 0 Å². The summed E-state index contributed by atoms with van der Waals surface area (Å²) < 4.78 is 11.4. The Morgan fingerprint density at radius 3 is 2.30 bits per heavy atom. The number of alkyl carbamates (subject to hydrolysis) is 1. The molecule has 1 aliphatic carbocycles. The van der Waals surface area contributed by atoms with E-state index in [0.29, 0.717) is 11.4 Å². The van der Waals surface area contributed by atoms with Gasteiger partial charge in [0.1, 0.15) is 17.3 Å². The lowest BCUT2D eigenvalue weighted by Gasteiger charge is -2.30. The number of hydrogen-bond acceptors (Lipinski definition) is 6. The largest absolute Gasteiger partial charge is 0.474 e. The molecule has 7 nitrogen and oxygen atoms in total. The van der Waals surface area contributed by atoms with Crippen LogP contribution in [0.1, 0.15) is 69.7 Å². The van der Waals surface area contributed by atoms with E-state index in [0.717, 1.165) is 50.0 Å². The number of pyridine rings is 1. The highest BCUT2D eigenvalue weighted by atomic mass is 32.2. The van der Waals surface area contributed by atoms with Crippen LogP contribution in [0.2, 0.25) is 0 Å². The molecule has 0 radical (unpaired) electrons. The molecule has 30 heavy (non-hydrogen) atoms. The molecule has 2 amide bonds. The maximum atomic E-state index is 12.9. The monoisotopic (exact) mass is 435 g/mol. The third-order valence-electron chi connectivity index (χ3n) is 5.25. The number of nitrogens with zero attached hydrogens (tertiary/aromatic N) is 1. The molecular weight excluding hydrogens is 402 g/mol. The molecule has 2 heterocycles. The van der Waals surface area contributed by atoms with Crippen molar-refractivity contribution in [3.05, 3.63) is 23.9 Å². The topological polar surface area (TPSA) is 89.6 Å². The molecule has 0 aromatic carbocycles. The maximum Gasteiger partial charge on any atom is 0.407 e. The van der Waals surface area contributed by atoms with Gasteiger partial charge in [0.25, 0.3) is 5.91 Å². The highest BCUT2D eigenvalue weighted by molar-refractivity contribution is 7.99. The Labute approximate surface area is 183 Å². The molecule has 3 rings (SSSR count). The SMILES string of the molecule is CC(C)(C)OC(=O)N[C@H]1CC[C@@H](NC(=O)c2cccnc2OC2CCSCC2)CC1. The second-order valence-electron chi connectivity index (χ2n) is 8.95. The summed E-state index contributed by atoms with van der Waals surface area (Å²) in [6, 6.07) is 3.69. The number of ether oxygens (including phenoxy) is 2. The van der Waals surface area contributed by atoms with E-state index in [2.05, 4.69) is 15.6 Å². The molecule has 8 heteroatoms. The van der Waals surface area contributed by atoms with Gasteiger partial charge in [0, 0.05) is 18.3 Å². The third-order valence-corrected chi connectivity index (χ3v) is 6.29. The molecule has 0 spiro atoms. The Bertz CT molecular complexity index is 723. The smallest absolute Gasteiger partial charge is 0.407 e. The summed E-state index contributed by atoms with van der Waals surface area (Å²) in [4.78, 5) is 29.1. The van der Waals surface area contributed by atoms with Gasteiger partial charge in [-0.1, -0.05) is 0 Å². The molecule has 1 saturated carbocycles. The van der Waals surface area contributed by atoms with Gasteiger partial charge >= 0.3 is 6.09 Å². The minimum Gasteiger partial charge on any atom is -0.474 e. The Balaban J connectivity index is 1.48. The van der Waals surface area contributed by atoms with Crippen LogP contribution in [-0.2, 0) is 4.74 Å². The number of nitrogens with one attached hydrogen (secondary N) is 2. The van der Waals surface area contributed by atoms with Crippen molar-refractivity contribution in [2.45, 2.75) is 83.1 Å². The summed E-state index contributed by atoms with van der Waals surface area (Å²) in [7, 11) is 0. The predicted octanol–water partition coefficient (Wildman–Crippen LogP) is 3.92. The summed E-state index contributed by atoms with van der Waals surface area (Å²) in [6.45, 7) is 5.55. The van der Waals surface area contributed by atoms with Crippen LogP contribution in [0.5, 0.6) is 5.88 Å². The molecule has 2 N–H and O–H groups in total. The standard InChI is InChI=1S/C22H33N3O4S/c1-22(2,3)29-21(27)25-16-8-6-15(7-9-16)24-19(26)18-5-4-12-23-20(18)28-17-10-13-30-14-11-17/h4-5,12,15-17H,6-11,13-14H2,1-3H3,(H,24,26)(H,25,27)/t15-,16+. The van der Waals surface area contributed by atoms with Gasteiger partial charge in [-0.2, -0.15) is 11.8 Å². The zero-order valence-electron chi connectivity index (χ0n) is 18.1. The lowest BCUT2D eigenvalue weighted by molar-refractivity contribution is 0.0487. The van der Waals surface area contributed by atoms with Crippen LogP contribution in [0.4, 0.5) is 4.79 Å². The van der Waals surface area contributed by atoms with Crippen LogP contribution in [0.25, 0.3) is 0 Å². The Hall–Kier alpha value is -1.96. The summed E-state index contributed by atoms with van der Waals surface area (Å²) >= 11 is 1.94. The highest BCUT2D eigenvalue weighted by Gasteiger charge is 2.27. The van der Waals surface area contributed by atoms with E-state index in [1.165, 1.54) is 0 Å². The minimum absolute atomic E-state index is 0.0772. The number of thioether (sulfide) groups is 1. The van der Waals surface area contributed by atoms with Crippen LogP contribution in [0.15, 0.2) is 18.3 Å². The summed E-state index contributed by atoms with van der Waals surface area (Å²) in [5.74, 6) is 2.44. The Kier molecular flexibility index (Phi) is 7.86. The van der Waals surface area contributed by atoms with E-state index in [1.807, 2.05) is 32.5 Å². The summed E-state index contributed by atoms with van der Waals surface area (Å²) in [5.41, 5.74) is -0.0143. The van der Waals surface area contributed by atoms with E-state index in [9.17, 15) is 9.59 Å². The van der Waals surface area contributed by atoms with Crippen LogP contribution >= 0.6 is 11.8 Å². The van der Waals surface area contributed by atoms with Gasteiger partial charge in [-0.3, -0.25) is 4.79 Å². The fraction of sp³-hybridized carbons (Fsp3) is 0.682. The van der Waals surface area contributed by atoms with Gasteiger partial charge in [0.2, 0.25) is 5.88 Å². The maximum absolute atomic E-state index is 12.9. The number of amides is 2. The van der Waals surface area contributed by atoms with Crippen LogP contribution in [0.3, 0.4) is 0 Å². The number of hydrogen-bond donors (Lipinski definition) is 2. The molecule has 2 fully saturated rings. The van der Waals surface area contributed by atoms with Crippen molar-refractivity contribution in [1.82, 2.24) is 15.6 Å². The van der Waals surface area contributed by atoms with Crippen molar-refractivity contribution in [2.75, 3.05) is 11.5 Å². The summed E-state index contributed by atoms with van der Waals surface area (Å²) in [5, 5.41) is 6.05. The first-order valence-electron chi connectivity index (χ1n) is 10.8. The number of rotatable bonds is 5. The fourth-order valence-electron chi connectivity index (χ4n) is 3.73. The van der Waals surface area contributed by atoms with Crippen LogP contribution in [-0.4, -0.2) is 52.3 Å². The third kappa shape index (κ3) is 7.07. The van der Waals surface area contributed by atoms with E-state index < -0.39 is 5.60 Å². The minimum atomic E-state index is -0.505. The van der Waals surface area contributed by atoms with Crippen molar-refractivity contribution >= 4 is 23.8 Å². The number of carbonyl (C=O) groups excluding carboxylic acids is 2. The van der Waals surface area contributed by atoms with Crippen LogP contribution in [0, 0.1) is 0 Å². The van der Waals surface area contributed by atoms with Crippen molar-refractivity contribution in [3.8, 4) is 5.88 Å². The van der Waals surface area contributed by atoms with E-state index in [-0.39, 0.29) is 30.2 Å². The van der Waals surface area contributed by atoms with Gasteiger partial charge in [0.05, 0.1) is 0 Å². The van der Waals surface area contributed by atoms with Crippen molar-refractivity contribution in [2.24, 2.45) is 0 Å². The number of carbonyl (C=O) groups is 2. The van der Waals surface area contributed by atoms with E-state index in [1.54, 1.807) is 18.3 Å². The van der Waals surface area contributed by atoms with Gasteiger partial charge < -0.3 is 20.1 Å².